The van der Waals surface area contributed by atoms with E-state index in [4.69, 9.17) is 15.6 Å². The largest absolute Gasteiger partial charge is 0.481 e. The van der Waals surface area contributed by atoms with Gasteiger partial charge in [-0.1, -0.05) is 13.8 Å². The number of ether oxygens (including phenoxy) is 1. The van der Waals surface area contributed by atoms with Crippen molar-refractivity contribution in [3.8, 4) is 0 Å². The van der Waals surface area contributed by atoms with E-state index in [2.05, 4.69) is 24.1 Å². The highest BCUT2D eigenvalue weighted by atomic mass is 16.5. The quantitative estimate of drug-likeness (QED) is 0.462. The van der Waals surface area contributed by atoms with Crippen molar-refractivity contribution in [2.45, 2.75) is 39.2 Å². The predicted octanol–water partition coefficient (Wildman–Crippen LogP) is 1.51. The Hall–Kier alpha value is -2.61. The third-order valence-electron chi connectivity index (χ3n) is 4.19. The monoisotopic (exact) mass is 379 g/mol. The molecule has 27 heavy (non-hydrogen) atoms. The summed E-state index contributed by atoms with van der Waals surface area (Å²) in [5.41, 5.74) is 6.73. The van der Waals surface area contributed by atoms with Gasteiger partial charge in [-0.2, -0.15) is 0 Å². The Kier molecular flexibility index (Phi) is 9.89. The Morgan fingerprint density at radius 1 is 1.26 bits per heavy atom. The highest BCUT2D eigenvalue weighted by molar-refractivity contribution is 5.89. The number of anilines is 1. The number of nitrogens with one attached hydrogen (secondary N) is 1. The smallest absolute Gasteiger partial charge is 0.338 e. The fourth-order valence-corrected chi connectivity index (χ4v) is 2.55. The normalized spacial score (nSPS) is 15.7. The maximum absolute atomic E-state index is 11.6. The minimum atomic E-state index is -0.854. The first-order valence-electron chi connectivity index (χ1n) is 9.11. The van der Waals surface area contributed by atoms with E-state index in [-0.39, 0.29) is 24.3 Å². The zero-order valence-electron chi connectivity index (χ0n) is 15.9. The van der Waals surface area contributed by atoms with Crippen LogP contribution in [0.15, 0.2) is 24.3 Å². The Morgan fingerprint density at radius 2 is 1.89 bits per heavy atom. The first kappa shape index (κ1) is 22.4. The lowest BCUT2D eigenvalue weighted by Gasteiger charge is -2.17. The number of likely N-dealkylation sites (N-methyl/N-ethyl adjacent to an activating group) is 1. The number of carbonyl (C=O) groups excluding carboxylic acids is 2. The molecule has 0 aromatic heterocycles. The van der Waals surface area contributed by atoms with E-state index in [1.807, 2.05) is 0 Å². The van der Waals surface area contributed by atoms with Crippen LogP contribution in [0.3, 0.4) is 0 Å². The molecule has 0 radical (unpaired) electrons. The minimum Gasteiger partial charge on any atom is -0.481 e. The number of nitrogens with two attached hydrogens (primary N) is 1. The van der Waals surface area contributed by atoms with Crippen molar-refractivity contribution in [3.05, 3.63) is 29.8 Å². The van der Waals surface area contributed by atoms with Gasteiger partial charge in [0.15, 0.2) is 0 Å². The number of carboxylic acid groups (broad SMARTS) is 1. The minimum absolute atomic E-state index is 0.0359. The lowest BCUT2D eigenvalue weighted by molar-refractivity contribution is -0.137. The average molecular weight is 379 g/mol. The van der Waals surface area contributed by atoms with Crippen LogP contribution in [0, 0.1) is 0 Å². The molecule has 8 heteroatoms. The van der Waals surface area contributed by atoms with Crippen LogP contribution in [0.1, 0.15) is 43.5 Å². The second-order valence-electron chi connectivity index (χ2n) is 6.19. The molecule has 1 heterocycles. The van der Waals surface area contributed by atoms with Gasteiger partial charge in [0.1, 0.15) is 6.61 Å². The zero-order valence-corrected chi connectivity index (χ0v) is 15.9. The summed E-state index contributed by atoms with van der Waals surface area (Å²) in [5, 5.41) is 10.9. The van der Waals surface area contributed by atoms with Crippen molar-refractivity contribution in [1.29, 1.82) is 0 Å². The van der Waals surface area contributed by atoms with E-state index in [1.165, 1.54) is 0 Å². The fraction of sp³-hybridized carbons (Fsp3) is 0.526. The Labute approximate surface area is 159 Å². The van der Waals surface area contributed by atoms with Crippen molar-refractivity contribution >= 4 is 23.5 Å². The molecule has 1 fully saturated rings. The molecule has 1 atom stereocenters. The fourth-order valence-electron chi connectivity index (χ4n) is 2.55. The number of aliphatic carboxylic acids is 1. The van der Waals surface area contributed by atoms with E-state index in [0.717, 1.165) is 19.6 Å². The molecule has 2 rings (SSSR count). The standard InChI is InChI=1S/C13H20N2O2.C6H9NO3/c1-3-15(4-2)9-10-17-13(16)11-5-7-12(14)8-6-11;8-5-2-1-4(7-5)3-6(9)10/h5-8H,3-4,9-10,14H2,1-2H3;4H,1-3H2,(H,7,8)(H,9,10). The number of carboxylic acids is 1. The molecule has 1 aromatic carbocycles. The second-order valence-corrected chi connectivity index (χ2v) is 6.19. The molecule has 1 aromatic rings. The van der Waals surface area contributed by atoms with Crippen LogP contribution in [0.25, 0.3) is 0 Å². The molecule has 4 N–H and O–H groups in total. The Bertz CT molecular complexity index is 614. The number of hydrogen-bond acceptors (Lipinski definition) is 6. The van der Waals surface area contributed by atoms with Crippen LogP contribution in [0.4, 0.5) is 5.69 Å². The van der Waals surface area contributed by atoms with E-state index < -0.39 is 5.97 Å². The number of hydrogen-bond donors (Lipinski definition) is 3. The van der Waals surface area contributed by atoms with Crippen molar-refractivity contribution < 1.29 is 24.2 Å². The van der Waals surface area contributed by atoms with Gasteiger partial charge in [-0.25, -0.2) is 4.79 Å². The summed E-state index contributed by atoms with van der Waals surface area (Å²) in [4.78, 5) is 34.5. The van der Waals surface area contributed by atoms with Crippen LogP contribution in [-0.4, -0.2) is 60.1 Å². The number of nitrogen functional groups attached to an aromatic ring is 1. The first-order valence-corrected chi connectivity index (χ1v) is 9.11. The molecule has 0 spiro atoms. The van der Waals surface area contributed by atoms with Gasteiger partial charge in [0.25, 0.3) is 0 Å². The van der Waals surface area contributed by atoms with Gasteiger partial charge in [0.05, 0.1) is 12.0 Å². The van der Waals surface area contributed by atoms with E-state index in [0.29, 0.717) is 30.7 Å². The first-order chi connectivity index (χ1) is 12.8. The van der Waals surface area contributed by atoms with Gasteiger partial charge in [0.2, 0.25) is 5.91 Å². The van der Waals surface area contributed by atoms with Crippen molar-refractivity contribution in [3.63, 3.8) is 0 Å². The van der Waals surface area contributed by atoms with Crippen LogP contribution in [0.2, 0.25) is 0 Å². The third kappa shape index (κ3) is 9.05. The van der Waals surface area contributed by atoms with E-state index in [9.17, 15) is 14.4 Å². The summed E-state index contributed by atoms with van der Waals surface area (Å²) in [6.45, 7) is 7.31. The average Bonchev–Trinajstić information content (AvgIpc) is 3.04. The van der Waals surface area contributed by atoms with Crippen LogP contribution in [0.5, 0.6) is 0 Å². The summed E-state index contributed by atoms with van der Waals surface area (Å²) >= 11 is 0. The van der Waals surface area contributed by atoms with E-state index >= 15 is 0 Å². The second kappa shape index (κ2) is 11.9. The van der Waals surface area contributed by atoms with Gasteiger partial charge in [0, 0.05) is 24.7 Å². The molecule has 0 aliphatic carbocycles. The van der Waals surface area contributed by atoms with Gasteiger partial charge >= 0.3 is 11.9 Å². The number of nitrogens with zero attached hydrogens (tertiary/aromatic N) is 1. The predicted molar refractivity (Wildman–Crippen MR) is 102 cm³/mol. The van der Waals surface area contributed by atoms with E-state index in [1.54, 1.807) is 24.3 Å². The van der Waals surface area contributed by atoms with Crippen molar-refractivity contribution in [2.75, 3.05) is 32.0 Å². The topological polar surface area (TPSA) is 122 Å². The molecule has 1 saturated heterocycles. The molecule has 1 aliphatic heterocycles. The maximum atomic E-state index is 11.6. The summed E-state index contributed by atoms with van der Waals surface area (Å²) in [6, 6.07) is 6.61. The van der Waals surface area contributed by atoms with Crippen LogP contribution < -0.4 is 11.1 Å². The van der Waals surface area contributed by atoms with Crippen LogP contribution >= 0.6 is 0 Å². The number of esters is 1. The molecule has 1 amide bonds. The Balaban J connectivity index is 0.000000309. The molecule has 8 nitrogen and oxygen atoms in total. The maximum Gasteiger partial charge on any atom is 0.338 e. The lowest BCUT2D eigenvalue weighted by Crippen LogP contribution is -2.27. The lowest BCUT2D eigenvalue weighted by atomic mass is 10.2. The SMILES string of the molecule is CCN(CC)CCOC(=O)c1ccc(N)cc1.O=C(O)CC1CCC(=O)N1. The Morgan fingerprint density at radius 3 is 2.37 bits per heavy atom. The molecule has 150 valence electrons. The molecular formula is C19H29N3O5. The van der Waals surface area contributed by atoms with Crippen molar-refractivity contribution in [1.82, 2.24) is 10.2 Å². The highest BCUT2D eigenvalue weighted by Crippen LogP contribution is 2.09. The number of carbonyl (C=O) groups is 3. The molecular weight excluding hydrogens is 350 g/mol. The van der Waals surface area contributed by atoms with Gasteiger partial charge in [-0.3, -0.25) is 9.59 Å². The summed E-state index contributed by atoms with van der Waals surface area (Å²) in [6.07, 6.45) is 1.18. The molecule has 0 bridgehead atoms. The highest BCUT2D eigenvalue weighted by Gasteiger charge is 2.22. The van der Waals surface area contributed by atoms with Gasteiger partial charge in [-0.05, 0) is 43.8 Å². The number of benzene rings is 1. The third-order valence-corrected chi connectivity index (χ3v) is 4.19. The van der Waals surface area contributed by atoms with Crippen molar-refractivity contribution in [2.24, 2.45) is 0 Å². The van der Waals surface area contributed by atoms with Gasteiger partial charge in [-0.15, -0.1) is 0 Å². The summed E-state index contributed by atoms with van der Waals surface area (Å²) in [5.74, 6) is -1.18. The van der Waals surface area contributed by atoms with Gasteiger partial charge < -0.3 is 25.8 Å². The van der Waals surface area contributed by atoms with Crippen LogP contribution in [-0.2, 0) is 14.3 Å². The molecule has 1 aliphatic rings. The zero-order chi connectivity index (χ0) is 20.2. The summed E-state index contributed by atoms with van der Waals surface area (Å²) in [7, 11) is 0. The number of amides is 1. The summed E-state index contributed by atoms with van der Waals surface area (Å²) < 4.78 is 5.18. The molecule has 1 unspecified atom stereocenters. The number of rotatable bonds is 8. The molecule has 0 saturated carbocycles.